The van der Waals surface area contributed by atoms with E-state index >= 15 is 0 Å². The quantitative estimate of drug-likeness (QED) is 0.611. The lowest BCUT2D eigenvalue weighted by Crippen LogP contribution is -2.41. The summed E-state index contributed by atoms with van der Waals surface area (Å²) < 4.78 is 0. The van der Waals surface area contributed by atoms with Crippen molar-refractivity contribution in [1.82, 2.24) is 5.32 Å². The lowest BCUT2D eigenvalue weighted by molar-refractivity contribution is -0.140. The first-order chi connectivity index (χ1) is 7.57. The summed E-state index contributed by atoms with van der Waals surface area (Å²) in [7, 11) is 0. The molecule has 94 valence electrons. The summed E-state index contributed by atoms with van der Waals surface area (Å²) in [5.41, 5.74) is 0. The van der Waals surface area contributed by atoms with Gasteiger partial charge in [0, 0.05) is 12.7 Å². The third kappa shape index (κ3) is 8.59. The minimum atomic E-state index is -0.962. The second kappa shape index (κ2) is 9.51. The predicted molar refractivity (Wildman–Crippen MR) is 66.7 cm³/mol. The van der Waals surface area contributed by atoms with Crippen LogP contribution in [0.2, 0.25) is 0 Å². The molecule has 0 radical (unpaired) electrons. The van der Waals surface area contributed by atoms with Gasteiger partial charge in [-0.3, -0.25) is 4.79 Å². The first kappa shape index (κ1) is 15.3. The zero-order valence-corrected chi connectivity index (χ0v) is 10.8. The molecule has 0 aliphatic heterocycles. The molecule has 16 heavy (non-hydrogen) atoms. The fraction of sp³-hybridized carbons (Fsp3) is 0.818. The second-order valence-electron chi connectivity index (χ2n) is 3.73. The average molecular weight is 247 g/mol. The third-order valence-electron chi connectivity index (χ3n) is 2.10. The lowest BCUT2D eigenvalue weighted by atomic mass is 10.2. The maximum Gasteiger partial charge on any atom is 0.327 e. The van der Waals surface area contributed by atoms with Crippen molar-refractivity contribution in [3.63, 3.8) is 0 Å². The Morgan fingerprint density at radius 2 is 2.00 bits per heavy atom. The van der Waals surface area contributed by atoms with Gasteiger partial charge >= 0.3 is 5.97 Å². The Bertz CT molecular complexity index is 221. The van der Waals surface area contributed by atoms with Crippen LogP contribution in [0.1, 0.15) is 39.5 Å². The van der Waals surface area contributed by atoms with Crippen molar-refractivity contribution in [2.75, 3.05) is 11.5 Å². The fourth-order valence-corrected chi connectivity index (χ4v) is 2.29. The first-order valence-electron chi connectivity index (χ1n) is 5.65. The minimum Gasteiger partial charge on any atom is -0.480 e. The van der Waals surface area contributed by atoms with Crippen LogP contribution in [0.5, 0.6) is 0 Å². The van der Waals surface area contributed by atoms with Gasteiger partial charge in [0.1, 0.15) is 6.04 Å². The Labute approximate surface area is 101 Å². The van der Waals surface area contributed by atoms with Gasteiger partial charge in [-0.15, -0.1) is 0 Å². The normalized spacial score (nSPS) is 12.1. The van der Waals surface area contributed by atoms with Crippen LogP contribution in [0.3, 0.4) is 0 Å². The number of carboxylic acids is 1. The fourth-order valence-electron chi connectivity index (χ4n) is 1.25. The summed E-state index contributed by atoms with van der Waals surface area (Å²) in [6.07, 6.45) is 4.75. The van der Waals surface area contributed by atoms with Gasteiger partial charge in [-0.05, 0) is 12.2 Å². The number of unbranched alkanes of at least 4 members (excludes halogenated alkanes) is 3. The molecule has 1 atom stereocenters. The van der Waals surface area contributed by atoms with Crippen LogP contribution >= 0.6 is 11.8 Å². The van der Waals surface area contributed by atoms with E-state index in [2.05, 4.69) is 12.2 Å². The molecule has 0 aromatic heterocycles. The van der Waals surface area contributed by atoms with E-state index in [1.165, 1.54) is 26.2 Å². The number of aliphatic carboxylic acids is 1. The molecule has 5 heteroatoms. The molecular formula is C11H21NO3S. The summed E-state index contributed by atoms with van der Waals surface area (Å²) in [6.45, 7) is 3.49. The molecule has 0 heterocycles. The predicted octanol–water partition coefficient (Wildman–Crippen LogP) is 1.89. The van der Waals surface area contributed by atoms with E-state index < -0.39 is 12.0 Å². The topological polar surface area (TPSA) is 66.4 Å². The molecule has 0 aliphatic rings. The van der Waals surface area contributed by atoms with Gasteiger partial charge in [0.2, 0.25) is 5.91 Å². The van der Waals surface area contributed by atoms with E-state index in [9.17, 15) is 9.59 Å². The number of carbonyl (C=O) groups is 2. The standard InChI is InChI=1S/C11H21NO3S/c1-3-4-5-6-7-16-8-10(11(14)15)12-9(2)13/h10H,3-8H2,1-2H3,(H,12,13)(H,14,15)/t10-/m0/s1. The molecule has 0 fully saturated rings. The van der Waals surface area contributed by atoms with E-state index in [0.29, 0.717) is 5.75 Å². The van der Waals surface area contributed by atoms with Crippen molar-refractivity contribution < 1.29 is 14.7 Å². The summed E-state index contributed by atoms with van der Waals surface area (Å²) in [4.78, 5) is 21.5. The number of thioether (sulfide) groups is 1. The van der Waals surface area contributed by atoms with Gasteiger partial charge in [0.15, 0.2) is 0 Å². The SMILES string of the molecule is CCCCCCSC[C@H](NC(C)=O)C(=O)O. The summed E-state index contributed by atoms with van der Waals surface area (Å²) in [5, 5.41) is 11.3. The zero-order valence-electron chi connectivity index (χ0n) is 9.99. The van der Waals surface area contributed by atoms with Gasteiger partial charge in [0.25, 0.3) is 0 Å². The molecule has 4 nitrogen and oxygen atoms in total. The second-order valence-corrected chi connectivity index (χ2v) is 4.88. The number of carboxylic acid groups (broad SMARTS) is 1. The summed E-state index contributed by atoms with van der Waals surface area (Å²) >= 11 is 1.59. The molecule has 0 aromatic rings. The van der Waals surface area contributed by atoms with Crippen LogP contribution < -0.4 is 5.32 Å². The van der Waals surface area contributed by atoms with Crippen molar-refractivity contribution in [3.05, 3.63) is 0 Å². The smallest absolute Gasteiger partial charge is 0.327 e. The molecule has 0 saturated heterocycles. The van der Waals surface area contributed by atoms with Gasteiger partial charge in [0.05, 0.1) is 0 Å². The number of nitrogens with one attached hydrogen (secondary N) is 1. The van der Waals surface area contributed by atoms with E-state index in [1.54, 1.807) is 11.8 Å². The highest BCUT2D eigenvalue weighted by Gasteiger charge is 2.17. The van der Waals surface area contributed by atoms with E-state index in [0.717, 1.165) is 12.2 Å². The van der Waals surface area contributed by atoms with Gasteiger partial charge in [-0.25, -0.2) is 4.79 Å². The van der Waals surface area contributed by atoms with Gasteiger partial charge in [-0.1, -0.05) is 26.2 Å². The first-order valence-corrected chi connectivity index (χ1v) is 6.81. The van der Waals surface area contributed by atoms with Gasteiger partial charge in [-0.2, -0.15) is 11.8 Å². The Morgan fingerprint density at radius 1 is 1.31 bits per heavy atom. The zero-order chi connectivity index (χ0) is 12.4. The molecule has 0 aromatic carbocycles. The molecule has 0 rings (SSSR count). The molecule has 2 N–H and O–H groups in total. The highest BCUT2D eigenvalue weighted by atomic mass is 32.2. The Hall–Kier alpha value is -0.710. The van der Waals surface area contributed by atoms with Crippen molar-refractivity contribution in [2.24, 2.45) is 0 Å². The largest absolute Gasteiger partial charge is 0.480 e. The van der Waals surface area contributed by atoms with Crippen LogP contribution in [0.15, 0.2) is 0 Å². The molecule has 0 saturated carbocycles. The van der Waals surface area contributed by atoms with Crippen molar-refractivity contribution in [2.45, 2.75) is 45.6 Å². The van der Waals surface area contributed by atoms with Crippen LogP contribution in [-0.2, 0) is 9.59 Å². The Morgan fingerprint density at radius 3 is 2.50 bits per heavy atom. The number of hydrogen-bond acceptors (Lipinski definition) is 3. The average Bonchev–Trinajstić information content (AvgIpc) is 2.20. The van der Waals surface area contributed by atoms with E-state index in [-0.39, 0.29) is 5.91 Å². The van der Waals surface area contributed by atoms with Gasteiger partial charge < -0.3 is 10.4 Å². The Kier molecular flexibility index (Phi) is 9.09. The van der Waals surface area contributed by atoms with Crippen LogP contribution in [-0.4, -0.2) is 34.5 Å². The lowest BCUT2D eigenvalue weighted by Gasteiger charge is -2.12. The monoisotopic (exact) mass is 247 g/mol. The molecule has 0 aliphatic carbocycles. The van der Waals surface area contributed by atoms with Crippen LogP contribution in [0.4, 0.5) is 0 Å². The van der Waals surface area contributed by atoms with Crippen molar-refractivity contribution in [3.8, 4) is 0 Å². The molecule has 1 amide bonds. The van der Waals surface area contributed by atoms with E-state index in [4.69, 9.17) is 5.11 Å². The number of hydrogen-bond donors (Lipinski definition) is 2. The van der Waals surface area contributed by atoms with Crippen molar-refractivity contribution >= 4 is 23.6 Å². The number of rotatable bonds is 9. The molecule has 0 spiro atoms. The highest BCUT2D eigenvalue weighted by molar-refractivity contribution is 7.99. The maximum absolute atomic E-state index is 10.8. The highest BCUT2D eigenvalue weighted by Crippen LogP contribution is 2.09. The summed E-state index contributed by atoms with van der Waals surface area (Å²) in [5.74, 6) is 0.153. The number of amides is 1. The van der Waals surface area contributed by atoms with Crippen molar-refractivity contribution in [1.29, 1.82) is 0 Å². The Balaban J connectivity index is 3.60. The summed E-state index contributed by atoms with van der Waals surface area (Å²) in [6, 6.07) is -0.756. The van der Waals surface area contributed by atoms with Crippen LogP contribution in [0.25, 0.3) is 0 Å². The maximum atomic E-state index is 10.8. The number of carbonyl (C=O) groups excluding carboxylic acids is 1. The third-order valence-corrected chi connectivity index (χ3v) is 3.25. The molecule has 0 unspecified atom stereocenters. The minimum absolute atomic E-state index is 0.293. The molecular weight excluding hydrogens is 226 g/mol. The van der Waals surface area contributed by atoms with E-state index in [1.807, 2.05) is 0 Å². The molecule has 0 bridgehead atoms. The van der Waals surface area contributed by atoms with Crippen LogP contribution in [0, 0.1) is 0 Å².